The summed E-state index contributed by atoms with van der Waals surface area (Å²) in [6.45, 7) is 0.325. The van der Waals surface area contributed by atoms with E-state index in [9.17, 15) is 14.4 Å². The quantitative estimate of drug-likeness (QED) is 0.444. The third kappa shape index (κ3) is 4.42. The van der Waals surface area contributed by atoms with Crippen molar-refractivity contribution in [2.75, 3.05) is 11.5 Å². The summed E-state index contributed by atoms with van der Waals surface area (Å²) in [6.07, 6.45) is 5.14. The molecule has 0 radical (unpaired) electrons. The third-order valence-electron chi connectivity index (χ3n) is 5.74. The molecule has 1 aliphatic rings. The molecule has 0 aliphatic carbocycles. The van der Waals surface area contributed by atoms with Crippen LogP contribution in [0.3, 0.4) is 0 Å². The SMILES string of the molecule is Cl.O=C(C1CCOc2cc(Cl)ccc21)N(Cc1c[nH]c(=O)[nH]c1=O)c1cncc2ccccc12. The van der Waals surface area contributed by atoms with Crippen LogP contribution in [0.5, 0.6) is 5.75 Å². The number of aromatic amines is 2. The molecule has 1 amide bonds. The van der Waals surface area contributed by atoms with Crippen LogP contribution in [0.2, 0.25) is 5.02 Å². The van der Waals surface area contributed by atoms with Crippen molar-refractivity contribution in [1.82, 2.24) is 15.0 Å². The van der Waals surface area contributed by atoms with Crippen LogP contribution in [0, 0.1) is 0 Å². The number of hydrogen-bond acceptors (Lipinski definition) is 5. The molecule has 1 atom stereocenters. The van der Waals surface area contributed by atoms with Gasteiger partial charge in [0.1, 0.15) is 5.75 Å². The van der Waals surface area contributed by atoms with Gasteiger partial charge in [-0.1, -0.05) is 41.9 Å². The van der Waals surface area contributed by atoms with Crippen molar-refractivity contribution < 1.29 is 9.53 Å². The largest absolute Gasteiger partial charge is 0.493 e. The molecular formula is C24H20Cl2N4O4. The predicted octanol–water partition coefficient (Wildman–Crippen LogP) is 3.79. The van der Waals surface area contributed by atoms with Crippen molar-refractivity contribution >= 4 is 46.4 Å². The number of nitrogens with one attached hydrogen (secondary N) is 2. The summed E-state index contributed by atoms with van der Waals surface area (Å²) in [7, 11) is 0. The van der Waals surface area contributed by atoms with Crippen molar-refractivity contribution in [3.05, 3.63) is 98.0 Å². The molecular weight excluding hydrogens is 479 g/mol. The molecule has 0 bridgehead atoms. The Morgan fingerprint density at radius 3 is 2.82 bits per heavy atom. The first-order valence-electron chi connectivity index (χ1n) is 10.4. The Balaban J connectivity index is 0.00000274. The van der Waals surface area contributed by atoms with Crippen LogP contribution in [-0.2, 0) is 11.3 Å². The first kappa shape index (κ1) is 23.5. The number of carbonyl (C=O) groups excluding carboxylic acids is 1. The molecule has 2 aromatic heterocycles. The van der Waals surface area contributed by atoms with E-state index in [0.717, 1.165) is 16.3 Å². The average molecular weight is 499 g/mol. The number of ether oxygens (including phenoxy) is 1. The van der Waals surface area contributed by atoms with Crippen LogP contribution in [-0.4, -0.2) is 27.5 Å². The fraction of sp³-hybridized carbons (Fsp3) is 0.167. The number of carbonyl (C=O) groups is 1. The molecule has 4 aromatic rings. The van der Waals surface area contributed by atoms with Gasteiger partial charge < -0.3 is 14.6 Å². The summed E-state index contributed by atoms with van der Waals surface area (Å²) in [5.74, 6) is -0.123. The monoisotopic (exact) mass is 498 g/mol. The molecule has 1 unspecified atom stereocenters. The molecule has 10 heteroatoms. The van der Waals surface area contributed by atoms with Crippen LogP contribution in [0.15, 0.2) is 70.6 Å². The van der Waals surface area contributed by atoms with Crippen molar-refractivity contribution in [2.24, 2.45) is 0 Å². The summed E-state index contributed by atoms with van der Waals surface area (Å²) in [4.78, 5) is 48.5. The normalized spacial score (nSPS) is 14.6. The lowest BCUT2D eigenvalue weighted by Gasteiger charge is -2.31. The molecule has 1 aliphatic heterocycles. The van der Waals surface area contributed by atoms with E-state index >= 15 is 0 Å². The maximum absolute atomic E-state index is 14.0. The summed E-state index contributed by atoms with van der Waals surface area (Å²) >= 11 is 6.11. The van der Waals surface area contributed by atoms with Gasteiger partial charge in [0.25, 0.3) is 5.56 Å². The summed E-state index contributed by atoms with van der Waals surface area (Å²) in [5.41, 5.74) is 0.404. The Labute approximate surface area is 205 Å². The minimum atomic E-state index is -0.608. The van der Waals surface area contributed by atoms with Crippen LogP contribution < -0.4 is 20.9 Å². The zero-order valence-corrected chi connectivity index (χ0v) is 19.4. The van der Waals surface area contributed by atoms with Gasteiger partial charge in [-0.2, -0.15) is 0 Å². The zero-order valence-electron chi connectivity index (χ0n) is 17.8. The number of benzene rings is 2. The number of anilines is 1. The highest BCUT2D eigenvalue weighted by molar-refractivity contribution is 6.30. The van der Waals surface area contributed by atoms with Crippen LogP contribution in [0.25, 0.3) is 10.8 Å². The highest BCUT2D eigenvalue weighted by Crippen LogP contribution is 2.38. The fourth-order valence-electron chi connectivity index (χ4n) is 4.13. The summed E-state index contributed by atoms with van der Waals surface area (Å²) in [5, 5.41) is 2.21. The highest BCUT2D eigenvalue weighted by atomic mass is 35.5. The van der Waals surface area contributed by atoms with Gasteiger partial charge in [0, 0.05) is 33.8 Å². The average Bonchev–Trinajstić information content (AvgIpc) is 2.82. The van der Waals surface area contributed by atoms with E-state index in [0.29, 0.717) is 29.5 Å². The topological polar surface area (TPSA) is 108 Å². The van der Waals surface area contributed by atoms with Gasteiger partial charge in [-0.15, -0.1) is 12.4 Å². The summed E-state index contributed by atoms with van der Waals surface area (Å²) < 4.78 is 5.73. The number of pyridine rings is 1. The zero-order chi connectivity index (χ0) is 22.9. The molecule has 2 N–H and O–H groups in total. The molecule has 0 saturated heterocycles. The number of hydrogen-bond donors (Lipinski definition) is 2. The van der Waals surface area contributed by atoms with E-state index < -0.39 is 17.2 Å². The van der Waals surface area contributed by atoms with E-state index in [2.05, 4.69) is 15.0 Å². The highest BCUT2D eigenvalue weighted by Gasteiger charge is 2.33. The number of amides is 1. The summed E-state index contributed by atoms with van der Waals surface area (Å²) in [6, 6.07) is 12.8. The number of aromatic nitrogens is 3. The van der Waals surface area contributed by atoms with Crippen molar-refractivity contribution in [3.63, 3.8) is 0 Å². The first-order chi connectivity index (χ1) is 16.0. The van der Waals surface area contributed by atoms with Gasteiger partial charge in [-0.3, -0.25) is 19.6 Å². The van der Waals surface area contributed by atoms with Crippen molar-refractivity contribution in [1.29, 1.82) is 0 Å². The smallest absolute Gasteiger partial charge is 0.325 e. The lowest BCUT2D eigenvalue weighted by molar-refractivity contribution is -0.120. The number of fused-ring (bicyclic) bond motifs is 2. The Hall–Kier alpha value is -3.62. The van der Waals surface area contributed by atoms with Gasteiger partial charge in [-0.05, 0) is 18.6 Å². The van der Waals surface area contributed by atoms with Crippen molar-refractivity contribution in [3.8, 4) is 5.75 Å². The second kappa shape index (κ2) is 9.70. The molecule has 3 heterocycles. The molecule has 34 heavy (non-hydrogen) atoms. The van der Waals surface area contributed by atoms with Crippen molar-refractivity contribution in [2.45, 2.75) is 18.9 Å². The first-order valence-corrected chi connectivity index (χ1v) is 10.8. The minimum Gasteiger partial charge on any atom is -0.493 e. The van der Waals surface area contributed by atoms with Gasteiger partial charge in [0.15, 0.2) is 0 Å². The number of rotatable bonds is 4. The number of H-pyrrole nitrogens is 2. The third-order valence-corrected chi connectivity index (χ3v) is 5.98. The van der Waals surface area contributed by atoms with E-state index in [1.165, 1.54) is 6.20 Å². The molecule has 0 fully saturated rings. The second-order valence-corrected chi connectivity index (χ2v) is 8.21. The van der Waals surface area contributed by atoms with E-state index in [4.69, 9.17) is 16.3 Å². The molecule has 8 nitrogen and oxygen atoms in total. The standard InChI is InChI=1S/C24H19ClN4O4.ClH/c25-16-5-6-18-19(7-8-33-21(18)9-16)23(31)29(13-15-11-27-24(32)28-22(15)30)20-12-26-10-14-3-1-2-4-17(14)20;/h1-6,9-12,19H,7-8,13H2,(H2,27,28,30,32);1H. The van der Waals surface area contributed by atoms with E-state index in [1.807, 2.05) is 24.3 Å². The molecule has 5 rings (SSSR count). The Kier molecular flexibility index (Phi) is 6.72. The Bertz CT molecular complexity index is 1480. The molecule has 0 saturated carbocycles. The Morgan fingerprint density at radius 1 is 1.18 bits per heavy atom. The van der Waals surface area contributed by atoms with Gasteiger partial charge >= 0.3 is 5.69 Å². The van der Waals surface area contributed by atoms with E-state index in [1.54, 1.807) is 35.5 Å². The van der Waals surface area contributed by atoms with Crippen LogP contribution >= 0.6 is 24.0 Å². The molecule has 2 aromatic carbocycles. The Morgan fingerprint density at radius 2 is 2.00 bits per heavy atom. The predicted molar refractivity (Wildman–Crippen MR) is 132 cm³/mol. The minimum absolute atomic E-state index is 0. The van der Waals surface area contributed by atoms with Gasteiger partial charge in [0.05, 0.1) is 36.5 Å². The van der Waals surface area contributed by atoms with Crippen LogP contribution in [0.1, 0.15) is 23.5 Å². The number of halogens is 2. The molecule has 174 valence electrons. The van der Waals surface area contributed by atoms with Gasteiger partial charge in [-0.25, -0.2) is 4.79 Å². The van der Waals surface area contributed by atoms with E-state index in [-0.39, 0.29) is 30.4 Å². The number of nitrogens with zero attached hydrogens (tertiary/aromatic N) is 2. The second-order valence-electron chi connectivity index (χ2n) is 7.77. The maximum atomic E-state index is 14.0. The van der Waals surface area contributed by atoms with Gasteiger partial charge in [0.2, 0.25) is 5.91 Å². The maximum Gasteiger partial charge on any atom is 0.325 e. The lowest BCUT2D eigenvalue weighted by atomic mass is 9.91. The molecule has 0 spiro atoms. The fourth-order valence-corrected chi connectivity index (χ4v) is 4.29. The van der Waals surface area contributed by atoms with Crippen LogP contribution in [0.4, 0.5) is 5.69 Å². The lowest BCUT2D eigenvalue weighted by Crippen LogP contribution is -2.39.